The number of carbonyl (C=O) groups is 1. The van der Waals surface area contributed by atoms with Crippen molar-refractivity contribution in [2.75, 3.05) is 12.0 Å². The zero-order valence-corrected chi connectivity index (χ0v) is 9.88. The van der Waals surface area contributed by atoms with Crippen LogP contribution in [0.4, 0.5) is 0 Å². The fourth-order valence-electron chi connectivity index (χ4n) is 0.862. The largest absolute Gasteiger partial charge is 0.349 e. The van der Waals surface area contributed by atoms with E-state index in [1.54, 1.807) is 13.0 Å². The third kappa shape index (κ3) is 7.10. The van der Waals surface area contributed by atoms with Gasteiger partial charge in [-0.2, -0.15) is 0 Å². The second-order valence-electron chi connectivity index (χ2n) is 3.56. The number of nitrogens with two attached hydrogens (primary N) is 1. The summed E-state index contributed by atoms with van der Waals surface area (Å²) in [5.74, 6) is -0.435. The lowest BCUT2D eigenvalue weighted by molar-refractivity contribution is -0.122. The summed E-state index contributed by atoms with van der Waals surface area (Å²) < 4.78 is 21.7. The van der Waals surface area contributed by atoms with Gasteiger partial charge >= 0.3 is 0 Å². The maximum atomic E-state index is 11.4. The molecule has 6 heteroatoms. The Morgan fingerprint density at radius 3 is 2.53 bits per heavy atom. The highest BCUT2D eigenvalue weighted by Gasteiger charge is 2.16. The van der Waals surface area contributed by atoms with Crippen molar-refractivity contribution in [3.05, 3.63) is 12.7 Å². The molecule has 0 spiro atoms. The maximum absolute atomic E-state index is 11.4. The van der Waals surface area contributed by atoms with E-state index < -0.39 is 15.9 Å². The van der Waals surface area contributed by atoms with Gasteiger partial charge in [0.15, 0.2) is 0 Å². The molecule has 2 unspecified atom stereocenters. The average molecular weight is 234 g/mol. The second-order valence-corrected chi connectivity index (χ2v) is 5.82. The van der Waals surface area contributed by atoms with Gasteiger partial charge in [0.2, 0.25) is 5.91 Å². The van der Waals surface area contributed by atoms with Gasteiger partial charge in [-0.15, -0.1) is 6.58 Å². The molecule has 0 aromatic carbocycles. The second kappa shape index (κ2) is 5.87. The molecule has 0 saturated heterocycles. The third-order valence-corrected chi connectivity index (χ3v) is 2.84. The molecule has 0 aliphatic heterocycles. The Kier molecular flexibility index (Phi) is 5.53. The molecule has 15 heavy (non-hydrogen) atoms. The fourth-order valence-corrected chi connectivity index (χ4v) is 1.54. The van der Waals surface area contributed by atoms with Crippen molar-refractivity contribution in [2.45, 2.75) is 25.4 Å². The highest BCUT2D eigenvalue weighted by molar-refractivity contribution is 7.90. The Bertz CT molecular complexity index is 324. The lowest BCUT2D eigenvalue weighted by Gasteiger charge is -2.14. The smallest absolute Gasteiger partial charge is 0.237 e. The van der Waals surface area contributed by atoms with Crippen LogP contribution < -0.4 is 11.1 Å². The summed E-state index contributed by atoms with van der Waals surface area (Å²) in [6.07, 6.45) is 2.82. The molecule has 3 N–H and O–H groups in total. The third-order valence-electron chi connectivity index (χ3n) is 1.86. The predicted octanol–water partition coefficient (Wildman–Crippen LogP) is -0.561. The highest BCUT2D eigenvalue weighted by Crippen LogP contribution is 1.95. The Morgan fingerprint density at radius 1 is 1.60 bits per heavy atom. The van der Waals surface area contributed by atoms with E-state index in [9.17, 15) is 13.2 Å². The number of hydrogen-bond donors (Lipinski definition) is 2. The van der Waals surface area contributed by atoms with E-state index >= 15 is 0 Å². The van der Waals surface area contributed by atoms with Gasteiger partial charge in [-0.3, -0.25) is 4.79 Å². The molecule has 0 bridgehead atoms. The molecule has 0 saturated carbocycles. The lowest BCUT2D eigenvalue weighted by Crippen LogP contribution is -2.44. The van der Waals surface area contributed by atoms with Crippen LogP contribution in [0, 0.1) is 0 Å². The molecular weight excluding hydrogens is 216 g/mol. The SMILES string of the molecule is C=CC(C)NC(=O)C(N)CCS(C)(=O)=O. The first-order valence-electron chi connectivity index (χ1n) is 4.62. The van der Waals surface area contributed by atoms with E-state index in [2.05, 4.69) is 11.9 Å². The summed E-state index contributed by atoms with van der Waals surface area (Å²) in [5, 5.41) is 2.59. The Morgan fingerprint density at radius 2 is 2.13 bits per heavy atom. The molecule has 0 heterocycles. The van der Waals surface area contributed by atoms with Crippen LogP contribution >= 0.6 is 0 Å². The normalized spacial score (nSPS) is 15.4. The summed E-state index contributed by atoms with van der Waals surface area (Å²) in [5.41, 5.74) is 5.52. The van der Waals surface area contributed by atoms with Crippen LogP contribution in [-0.2, 0) is 14.6 Å². The van der Waals surface area contributed by atoms with Gasteiger partial charge in [0.25, 0.3) is 0 Å². The number of carbonyl (C=O) groups excluding carboxylic acids is 1. The summed E-state index contributed by atoms with van der Waals surface area (Å²) in [6.45, 7) is 5.26. The summed E-state index contributed by atoms with van der Waals surface area (Å²) in [4.78, 5) is 11.4. The van der Waals surface area contributed by atoms with Crippen LogP contribution in [-0.4, -0.2) is 38.4 Å². The molecule has 0 aliphatic rings. The van der Waals surface area contributed by atoms with Gasteiger partial charge in [0.1, 0.15) is 9.84 Å². The van der Waals surface area contributed by atoms with Gasteiger partial charge in [0.05, 0.1) is 11.8 Å². The van der Waals surface area contributed by atoms with E-state index in [0.29, 0.717) is 0 Å². The topological polar surface area (TPSA) is 89.3 Å². The van der Waals surface area contributed by atoms with Crippen molar-refractivity contribution < 1.29 is 13.2 Å². The Hall–Kier alpha value is -0.880. The summed E-state index contributed by atoms with van der Waals surface area (Å²) >= 11 is 0. The van der Waals surface area contributed by atoms with E-state index in [-0.39, 0.29) is 24.1 Å². The van der Waals surface area contributed by atoms with Crippen LogP contribution in [0.2, 0.25) is 0 Å². The molecule has 0 fully saturated rings. The van der Waals surface area contributed by atoms with E-state index in [1.165, 1.54) is 0 Å². The van der Waals surface area contributed by atoms with Crippen LogP contribution in [0.5, 0.6) is 0 Å². The first-order valence-corrected chi connectivity index (χ1v) is 6.68. The molecular formula is C9H18N2O3S. The molecule has 0 aromatic heterocycles. The van der Waals surface area contributed by atoms with Crippen LogP contribution in [0.15, 0.2) is 12.7 Å². The summed E-state index contributed by atoms with van der Waals surface area (Å²) in [7, 11) is -3.07. The molecule has 0 aliphatic carbocycles. The van der Waals surface area contributed by atoms with Gasteiger partial charge in [-0.05, 0) is 13.3 Å². The van der Waals surface area contributed by atoms with Crippen molar-refractivity contribution in [2.24, 2.45) is 5.73 Å². The summed E-state index contributed by atoms with van der Waals surface area (Å²) in [6, 6.07) is -0.955. The van der Waals surface area contributed by atoms with Gasteiger partial charge in [0, 0.05) is 12.3 Å². The zero-order valence-electron chi connectivity index (χ0n) is 9.06. The number of hydrogen-bond acceptors (Lipinski definition) is 4. The van der Waals surface area contributed by atoms with Crippen molar-refractivity contribution in [1.29, 1.82) is 0 Å². The molecule has 0 radical (unpaired) electrons. The van der Waals surface area contributed by atoms with Crippen molar-refractivity contribution in [3.63, 3.8) is 0 Å². The molecule has 0 aromatic rings. The quantitative estimate of drug-likeness (QED) is 0.603. The van der Waals surface area contributed by atoms with E-state index in [4.69, 9.17) is 5.73 Å². The van der Waals surface area contributed by atoms with Gasteiger partial charge in [-0.1, -0.05) is 6.08 Å². The molecule has 88 valence electrons. The minimum atomic E-state index is -3.07. The minimum Gasteiger partial charge on any atom is -0.349 e. The number of rotatable bonds is 6. The number of nitrogens with one attached hydrogen (secondary N) is 1. The molecule has 0 rings (SSSR count). The van der Waals surface area contributed by atoms with Gasteiger partial charge < -0.3 is 11.1 Å². The molecule has 2 atom stereocenters. The first kappa shape index (κ1) is 14.1. The monoisotopic (exact) mass is 234 g/mol. The molecule has 1 amide bonds. The molecule has 5 nitrogen and oxygen atoms in total. The highest BCUT2D eigenvalue weighted by atomic mass is 32.2. The fraction of sp³-hybridized carbons (Fsp3) is 0.667. The Labute approximate surface area is 90.6 Å². The van der Waals surface area contributed by atoms with E-state index in [0.717, 1.165) is 6.26 Å². The lowest BCUT2D eigenvalue weighted by atomic mass is 10.2. The van der Waals surface area contributed by atoms with Gasteiger partial charge in [-0.25, -0.2) is 8.42 Å². The standard InChI is InChI=1S/C9H18N2O3S/c1-4-7(2)11-9(12)8(10)5-6-15(3,13)14/h4,7-8H,1,5-6,10H2,2-3H3,(H,11,12). The predicted molar refractivity (Wildman–Crippen MR) is 60.1 cm³/mol. The van der Waals surface area contributed by atoms with Crippen LogP contribution in [0.25, 0.3) is 0 Å². The van der Waals surface area contributed by atoms with Crippen LogP contribution in [0.3, 0.4) is 0 Å². The number of sulfone groups is 1. The zero-order chi connectivity index (χ0) is 12.1. The van der Waals surface area contributed by atoms with Crippen molar-refractivity contribution >= 4 is 15.7 Å². The maximum Gasteiger partial charge on any atom is 0.237 e. The minimum absolute atomic E-state index is 0.0793. The van der Waals surface area contributed by atoms with E-state index in [1.807, 2.05) is 0 Å². The Balaban J connectivity index is 4.05. The number of amides is 1. The van der Waals surface area contributed by atoms with Crippen molar-refractivity contribution in [3.8, 4) is 0 Å². The van der Waals surface area contributed by atoms with Crippen LogP contribution in [0.1, 0.15) is 13.3 Å². The first-order chi connectivity index (χ1) is 6.76. The average Bonchev–Trinajstić information content (AvgIpc) is 2.12. The van der Waals surface area contributed by atoms with Crippen molar-refractivity contribution in [1.82, 2.24) is 5.32 Å².